The minimum absolute atomic E-state index is 0.240. The van der Waals surface area contributed by atoms with Gasteiger partial charge in [0, 0.05) is 30.3 Å². The smallest absolute Gasteiger partial charge is 0.338 e. The van der Waals surface area contributed by atoms with Gasteiger partial charge in [0.1, 0.15) is 5.76 Å². The Morgan fingerprint density at radius 2 is 1.89 bits per heavy atom. The van der Waals surface area contributed by atoms with E-state index in [1.807, 2.05) is 24.3 Å². The highest BCUT2D eigenvalue weighted by Crippen LogP contribution is 2.31. The average molecular weight is 540 g/mol. The van der Waals surface area contributed by atoms with Gasteiger partial charge >= 0.3 is 5.97 Å². The number of carbonyl (C=O) groups excluding carboxylic acids is 1. The molecular formula is C28H30ClN3O4S. The number of piperidine rings is 1. The van der Waals surface area contributed by atoms with Crippen molar-refractivity contribution in [2.75, 3.05) is 18.0 Å². The van der Waals surface area contributed by atoms with E-state index in [1.54, 1.807) is 43.5 Å². The van der Waals surface area contributed by atoms with Gasteiger partial charge in [0.05, 0.1) is 27.9 Å². The van der Waals surface area contributed by atoms with Gasteiger partial charge in [-0.1, -0.05) is 42.0 Å². The number of carbonyl (C=O) groups is 1. The Morgan fingerprint density at radius 3 is 2.57 bits per heavy atom. The lowest BCUT2D eigenvalue weighted by Gasteiger charge is -2.29. The van der Waals surface area contributed by atoms with Crippen LogP contribution in [0.5, 0.6) is 0 Å². The van der Waals surface area contributed by atoms with Crippen LogP contribution in [0, 0.1) is 5.92 Å². The minimum Gasteiger partial charge on any atom is -0.459 e. The zero-order valence-corrected chi connectivity index (χ0v) is 22.9. The van der Waals surface area contributed by atoms with Gasteiger partial charge in [-0.15, -0.1) is 0 Å². The Kier molecular flexibility index (Phi) is 7.14. The summed E-state index contributed by atoms with van der Waals surface area (Å²) in [5, 5.41) is 0.569. The maximum absolute atomic E-state index is 13.7. The maximum atomic E-state index is 13.7. The van der Waals surface area contributed by atoms with Crippen LogP contribution in [0.4, 0.5) is 5.88 Å². The number of thiazole rings is 1. The largest absolute Gasteiger partial charge is 0.459 e. The number of esters is 1. The minimum atomic E-state index is -0.676. The average Bonchev–Trinajstić information content (AvgIpc) is 3.43. The Morgan fingerprint density at radius 1 is 1.19 bits per heavy atom. The Bertz CT molecular complexity index is 1520. The third-order valence-electron chi connectivity index (χ3n) is 6.75. The molecule has 1 unspecified atom stereocenters. The van der Waals surface area contributed by atoms with Crippen molar-refractivity contribution in [2.24, 2.45) is 10.9 Å². The standard InChI is InChI=1S/C28H30ClN3O4S/c1-16(2)35-27(34)24-18(4)30-28-32(25(24)19-5-7-20(29)8-6-19)26(33)22(37-28)15-21-9-10-23(36-21)31-13-11-17(3)12-14-31/h5-10,15-17,25H,11-14H2,1-4H3/b22-15-. The second-order valence-electron chi connectivity index (χ2n) is 9.93. The van der Waals surface area contributed by atoms with Crippen molar-refractivity contribution >= 4 is 40.9 Å². The maximum Gasteiger partial charge on any atom is 0.338 e. The first-order chi connectivity index (χ1) is 17.7. The lowest BCUT2D eigenvalue weighted by molar-refractivity contribution is -0.143. The molecule has 4 heterocycles. The molecule has 2 aromatic heterocycles. The van der Waals surface area contributed by atoms with E-state index in [2.05, 4.69) is 16.8 Å². The van der Waals surface area contributed by atoms with Crippen molar-refractivity contribution in [3.8, 4) is 0 Å². The fourth-order valence-electron chi connectivity index (χ4n) is 4.77. The van der Waals surface area contributed by atoms with Gasteiger partial charge in [-0.05, 0) is 63.3 Å². The second kappa shape index (κ2) is 10.3. The van der Waals surface area contributed by atoms with Crippen LogP contribution in [0.3, 0.4) is 0 Å². The zero-order chi connectivity index (χ0) is 26.3. The topological polar surface area (TPSA) is 77.0 Å². The molecular weight excluding hydrogens is 510 g/mol. The summed E-state index contributed by atoms with van der Waals surface area (Å²) < 4.78 is 13.7. The highest BCUT2D eigenvalue weighted by molar-refractivity contribution is 7.07. The molecule has 1 fully saturated rings. The van der Waals surface area contributed by atoms with Crippen LogP contribution < -0.4 is 19.8 Å². The number of halogens is 1. The van der Waals surface area contributed by atoms with E-state index in [-0.39, 0.29) is 11.7 Å². The first-order valence-electron chi connectivity index (χ1n) is 12.5. The number of allylic oxidation sites excluding steroid dienone is 1. The van der Waals surface area contributed by atoms with Gasteiger partial charge in [0.25, 0.3) is 5.56 Å². The molecule has 5 rings (SSSR count). The van der Waals surface area contributed by atoms with Gasteiger partial charge in [-0.2, -0.15) is 0 Å². The second-order valence-corrected chi connectivity index (χ2v) is 11.4. The first-order valence-corrected chi connectivity index (χ1v) is 13.7. The molecule has 1 saturated heterocycles. The highest BCUT2D eigenvalue weighted by atomic mass is 35.5. The van der Waals surface area contributed by atoms with E-state index in [0.29, 0.717) is 31.4 Å². The molecule has 1 atom stereocenters. The fourth-order valence-corrected chi connectivity index (χ4v) is 5.92. The molecule has 0 spiro atoms. The Balaban J connectivity index is 1.58. The lowest BCUT2D eigenvalue weighted by Crippen LogP contribution is -2.40. The molecule has 7 nitrogen and oxygen atoms in total. The molecule has 0 N–H and O–H groups in total. The van der Waals surface area contributed by atoms with Gasteiger partial charge < -0.3 is 14.1 Å². The van der Waals surface area contributed by atoms with E-state index in [9.17, 15) is 9.59 Å². The van der Waals surface area contributed by atoms with Crippen molar-refractivity contribution in [1.29, 1.82) is 0 Å². The summed E-state index contributed by atoms with van der Waals surface area (Å²) in [6, 6.07) is 10.3. The van der Waals surface area contributed by atoms with E-state index >= 15 is 0 Å². The summed E-state index contributed by atoms with van der Waals surface area (Å²) in [6.07, 6.45) is 3.73. The van der Waals surface area contributed by atoms with Crippen LogP contribution in [0.2, 0.25) is 5.02 Å². The van der Waals surface area contributed by atoms with Crippen LogP contribution in [-0.2, 0) is 9.53 Å². The van der Waals surface area contributed by atoms with Crippen LogP contribution in [0.1, 0.15) is 57.9 Å². The lowest BCUT2D eigenvalue weighted by atomic mass is 9.96. The first kappa shape index (κ1) is 25.5. The normalized spacial score (nSPS) is 18.8. The highest BCUT2D eigenvalue weighted by Gasteiger charge is 2.33. The number of hydrogen-bond acceptors (Lipinski definition) is 7. The number of fused-ring (bicyclic) bond motifs is 1. The molecule has 9 heteroatoms. The van der Waals surface area contributed by atoms with Gasteiger partial charge in [0.15, 0.2) is 10.7 Å². The summed E-state index contributed by atoms with van der Waals surface area (Å²) in [5.74, 6) is 1.67. The van der Waals surface area contributed by atoms with Crippen LogP contribution in [0.15, 0.2) is 61.9 Å². The number of aromatic nitrogens is 1. The van der Waals surface area contributed by atoms with E-state index in [0.717, 1.165) is 43.3 Å². The molecule has 1 aromatic carbocycles. The molecule has 0 radical (unpaired) electrons. The Hall–Kier alpha value is -3.10. The van der Waals surface area contributed by atoms with Crippen LogP contribution in [0.25, 0.3) is 6.08 Å². The third-order valence-corrected chi connectivity index (χ3v) is 7.99. The van der Waals surface area contributed by atoms with E-state index < -0.39 is 12.0 Å². The summed E-state index contributed by atoms with van der Waals surface area (Å²) in [7, 11) is 0. The molecule has 0 aliphatic carbocycles. The molecule has 0 saturated carbocycles. The summed E-state index contributed by atoms with van der Waals surface area (Å²) in [4.78, 5) is 34.3. The Labute approximate surface area is 224 Å². The van der Waals surface area contributed by atoms with E-state index in [4.69, 9.17) is 20.8 Å². The number of ether oxygens (including phenoxy) is 1. The molecule has 0 bridgehead atoms. The van der Waals surface area contributed by atoms with Crippen molar-refractivity contribution < 1.29 is 13.9 Å². The van der Waals surface area contributed by atoms with Gasteiger partial charge in [-0.25, -0.2) is 9.79 Å². The van der Waals surface area contributed by atoms with Crippen molar-refractivity contribution in [1.82, 2.24) is 4.57 Å². The number of benzene rings is 1. The monoisotopic (exact) mass is 539 g/mol. The number of hydrogen-bond donors (Lipinski definition) is 0. The van der Waals surface area contributed by atoms with Crippen molar-refractivity contribution in [3.05, 3.63) is 83.7 Å². The van der Waals surface area contributed by atoms with Crippen LogP contribution in [-0.4, -0.2) is 29.7 Å². The summed E-state index contributed by atoms with van der Waals surface area (Å²) in [5.41, 5.74) is 1.38. The molecule has 3 aromatic rings. The van der Waals surface area contributed by atoms with Gasteiger partial charge in [-0.3, -0.25) is 9.36 Å². The summed E-state index contributed by atoms with van der Waals surface area (Å²) in [6.45, 7) is 9.56. The zero-order valence-electron chi connectivity index (χ0n) is 21.4. The van der Waals surface area contributed by atoms with E-state index in [1.165, 1.54) is 11.3 Å². The quantitative estimate of drug-likeness (QED) is 0.440. The SMILES string of the molecule is CC1=C(C(=O)OC(C)C)C(c2ccc(Cl)cc2)n2c(s/c(=C\c3ccc(N4CCC(C)CC4)o3)c2=O)=N1. The van der Waals surface area contributed by atoms with Crippen molar-refractivity contribution in [2.45, 2.75) is 52.7 Å². The third kappa shape index (κ3) is 5.18. The molecule has 2 aliphatic rings. The molecule has 37 heavy (non-hydrogen) atoms. The molecule has 194 valence electrons. The number of nitrogens with zero attached hydrogens (tertiary/aromatic N) is 3. The predicted octanol–water partition coefficient (Wildman–Crippen LogP) is 4.67. The number of furan rings is 1. The van der Waals surface area contributed by atoms with Crippen LogP contribution >= 0.6 is 22.9 Å². The molecule has 0 amide bonds. The summed E-state index contributed by atoms with van der Waals surface area (Å²) >= 11 is 7.41. The van der Waals surface area contributed by atoms with Gasteiger partial charge in [0.2, 0.25) is 0 Å². The number of rotatable bonds is 5. The number of anilines is 1. The van der Waals surface area contributed by atoms with Crippen molar-refractivity contribution in [3.63, 3.8) is 0 Å². The molecule has 2 aliphatic heterocycles. The predicted molar refractivity (Wildman–Crippen MR) is 146 cm³/mol. The fraction of sp³-hybridized carbons (Fsp3) is 0.393.